The smallest absolute Gasteiger partial charge is 0.0644 e. The fourth-order valence-electron chi connectivity index (χ4n) is 1.06. The number of aliphatic hydroxyl groups is 1. The summed E-state index contributed by atoms with van der Waals surface area (Å²) in [6, 6.07) is 0. The highest BCUT2D eigenvalue weighted by Crippen LogP contribution is 1.90. The standard InChI is InChI=1S/C12H24O4/c1-2-7-14-9-4-11-16-12-5-10-15-8-3-6-13/h2,13H,1,3-12H2. The Labute approximate surface area is 98.2 Å². The number of ether oxygens (including phenoxy) is 3. The lowest BCUT2D eigenvalue weighted by atomic mass is 10.4. The van der Waals surface area contributed by atoms with Gasteiger partial charge in [-0.1, -0.05) is 6.08 Å². The van der Waals surface area contributed by atoms with Crippen molar-refractivity contribution < 1.29 is 19.3 Å². The predicted molar refractivity (Wildman–Crippen MR) is 63.6 cm³/mol. The molecule has 0 saturated carbocycles. The van der Waals surface area contributed by atoms with Crippen LogP contribution in [0.25, 0.3) is 0 Å². The molecule has 0 spiro atoms. The summed E-state index contributed by atoms with van der Waals surface area (Å²) >= 11 is 0. The molecule has 0 aromatic rings. The van der Waals surface area contributed by atoms with E-state index in [2.05, 4.69) is 6.58 Å². The lowest BCUT2D eigenvalue weighted by molar-refractivity contribution is 0.0642. The number of hydrogen-bond donors (Lipinski definition) is 1. The second-order valence-corrected chi connectivity index (χ2v) is 3.37. The van der Waals surface area contributed by atoms with Crippen LogP contribution in [-0.2, 0) is 14.2 Å². The quantitative estimate of drug-likeness (QED) is 0.385. The van der Waals surface area contributed by atoms with Crippen LogP contribution in [0, 0.1) is 0 Å². The number of aliphatic hydroxyl groups excluding tert-OH is 1. The Morgan fingerprint density at radius 1 is 0.812 bits per heavy atom. The first kappa shape index (κ1) is 15.6. The lowest BCUT2D eigenvalue weighted by Gasteiger charge is -2.05. The third-order valence-corrected chi connectivity index (χ3v) is 1.84. The van der Waals surface area contributed by atoms with Gasteiger partial charge in [-0.15, -0.1) is 6.58 Å². The minimum absolute atomic E-state index is 0.196. The SMILES string of the molecule is C=CCOCCCOCCCOCCCO. The highest BCUT2D eigenvalue weighted by Gasteiger charge is 1.91. The third-order valence-electron chi connectivity index (χ3n) is 1.84. The zero-order chi connectivity index (χ0) is 11.9. The van der Waals surface area contributed by atoms with Crippen LogP contribution in [0.2, 0.25) is 0 Å². The molecule has 0 aromatic carbocycles. The molecule has 4 nitrogen and oxygen atoms in total. The first-order chi connectivity index (χ1) is 7.91. The van der Waals surface area contributed by atoms with Crippen LogP contribution in [0.5, 0.6) is 0 Å². The molecule has 0 radical (unpaired) electrons. The molecule has 0 saturated heterocycles. The van der Waals surface area contributed by atoms with E-state index in [0.29, 0.717) is 26.2 Å². The molecule has 0 atom stereocenters. The van der Waals surface area contributed by atoms with Crippen LogP contribution < -0.4 is 0 Å². The maximum absolute atomic E-state index is 8.50. The highest BCUT2D eigenvalue weighted by molar-refractivity contribution is 4.63. The van der Waals surface area contributed by atoms with Gasteiger partial charge in [0, 0.05) is 39.6 Å². The van der Waals surface area contributed by atoms with E-state index in [4.69, 9.17) is 19.3 Å². The normalized spacial score (nSPS) is 10.6. The Balaban J connectivity index is 2.85. The predicted octanol–water partition coefficient (Wildman–Crippen LogP) is 1.38. The zero-order valence-corrected chi connectivity index (χ0v) is 10.0. The first-order valence-corrected chi connectivity index (χ1v) is 5.86. The van der Waals surface area contributed by atoms with Crippen molar-refractivity contribution in [3.63, 3.8) is 0 Å². The van der Waals surface area contributed by atoms with E-state index in [1.165, 1.54) is 0 Å². The van der Waals surface area contributed by atoms with Gasteiger partial charge in [0.15, 0.2) is 0 Å². The minimum Gasteiger partial charge on any atom is -0.396 e. The van der Waals surface area contributed by atoms with Crippen molar-refractivity contribution >= 4 is 0 Å². The van der Waals surface area contributed by atoms with Gasteiger partial charge in [-0.25, -0.2) is 0 Å². The van der Waals surface area contributed by atoms with Crippen LogP contribution >= 0.6 is 0 Å². The summed E-state index contributed by atoms with van der Waals surface area (Å²) in [5.41, 5.74) is 0. The van der Waals surface area contributed by atoms with Gasteiger partial charge in [-0.05, 0) is 19.3 Å². The van der Waals surface area contributed by atoms with Crippen LogP contribution in [-0.4, -0.2) is 51.4 Å². The summed E-state index contributed by atoms with van der Waals surface area (Å²) in [7, 11) is 0. The number of hydrogen-bond acceptors (Lipinski definition) is 4. The monoisotopic (exact) mass is 232 g/mol. The molecule has 0 aliphatic rings. The Morgan fingerprint density at radius 3 is 1.81 bits per heavy atom. The second kappa shape index (κ2) is 14.6. The van der Waals surface area contributed by atoms with Crippen molar-refractivity contribution in [2.45, 2.75) is 19.3 Å². The van der Waals surface area contributed by atoms with Crippen molar-refractivity contribution in [3.05, 3.63) is 12.7 Å². The van der Waals surface area contributed by atoms with Crippen LogP contribution in [0.4, 0.5) is 0 Å². The van der Waals surface area contributed by atoms with Crippen LogP contribution in [0.15, 0.2) is 12.7 Å². The molecule has 4 heteroatoms. The maximum atomic E-state index is 8.50. The molecular weight excluding hydrogens is 208 g/mol. The minimum atomic E-state index is 0.196. The Bertz CT molecular complexity index is 139. The molecule has 0 aromatic heterocycles. The molecule has 96 valence electrons. The zero-order valence-electron chi connectivity index (χ0n) is 10.0. The molecule has 0 unspecified atom stereocenters. The number of rotatable bonds is 13. The lowest BCUT2D eigenvalue weighted by Crippen LogP contribution is -2.05. The maximum Gasteiger partial charge on any atom is 0.0644 e. The van der Waals surface area contributed by atoms with Crippen LogP contribution in [0.3, 0.4) is 0 Å². The Hall–Kier alpha value is -0.420. The summed E-state index contributed by atoms with van der Waals surface area (Å²) < 4.78 is 15.9. The van der Waals surface area contributed by atoms with Gasteiger partial charge in [0.05, 0.1) is 6.61 Å². The van der Waals surface area contributed by atoms with E-state index < -0.39 is 0 Å². The molecule has 0 fully saturated rings. The summed E-state index contributed by atoms with van der Waals surface area (Å²) in [6.45, 7) is 7.88. The molecule has 0 aliphatic carbocycles. The topological polar surface area (TPSA) is 47.9 Å². The van der Waals surface area contributed by atoms with Gasteiger partial charge in [0.25, 0.3) is 0 Å². The van der Waals surface area contributed by atoms with Gasteiger partial charge in [0.1, 0.15) is 0 Å². The van der Waals surface area contributed by atoms with Crippen molar-refractivity contribution in [1.29, 1.82) is 0 Å². The average Bonchev–Trinajstić information content (AvgIpc) is 2.31. The molecule has 0 bridgehead atoms. The Morgan fingerprint density at radius 2 is 1.31 bits per heavy atom. The van der Waals surface area contributed by atoms with Gasteiger partial charge in [-0.3, -0.25) is 0 Å². The van der Waals surface area contributed by atoms with E-state index in [1.54, 1.807) is 6.08 Å². The third kappa shape index (κ3) is 13.6. The summed E-state index contributed by atoms with van der Waals surface area (Å²) in [5, 5.41) is 8.50. The van der Waals surface area contributed by atoms with E-state index in [0.717, 1.165) is 32.7 Å². The second-order valence-electron chi connectivity index (χ2n) is 3.37. The molecular formula is C12H24O4. The van der Waals surface area contributed by atoms with Gasteiger partial charge >= 0.3 is 0 Å². The fourth-order valence-corrected chi connectivity index (χ4v) is 1.06. The van der Waals surface area contributed by atoms with Gasteiger partial charge in [0.2, 0.25) is 0 Å². The summed E-state index contributed by atoms with van der Waals surface area (Å²) in [4.78, 5) is 0. The highest BCUT2D eigenvalue weighted by atomic mass is 16.5. The molecule has 0 rings (SSSR count). The van der Waals surface area contributed by atoms with Crippen LogP contribution in [0.1, 0.15) is 19.3 Å². The largest absolute Gasteiger partial charge is 0.396 e. The molecule has 0 heterocycles. The van der Waals surface area contributed by atoms with Crippen molar-refractivity contribution in [1.82, 2.24) is 0 Å². The van der Waals surface area contributed by atoms with E-state index >= 15 is 0 Å². The molecule has 1 N–H and O–H groups in total. The van der Waals surface area contributed by atoms with E-state index in [1.807, 2.05) is 0 Å². The summed E-state index contributed by atoms with van der Waals surface area (Å²) in [6.07, 6.45) is 4.27. The van der Waals surface area contributed by atoms with E-state index in [9.17, 15) is 0 Å². The first-order valence-electron chi connectivity index (χ1n) is 5.86. The fraction of sp³-hybridized carbons (Fsp3) is 0.833. The van der Waals surface area contributed by atoms with Crippen molar-refractivity contribution in [2.24, 2.45) is 0 Å². The molecule has 0 amide bonds. The van der Waals surface area contributed by atoms with Crippen molar-refractivity contribution in [2.75, 3.05) is 46.2 Å². The van der Waals surface area contributed by atoms with Gasteiger partial charge in [-0.2, -0.15) is 0 Å². The van der Waals surface area contributed by atoms with E-state index in [-0.39, 0.29) is 6.61 Å². The van der Waals surface area contributed by atoms with Gasteiger partial charge < -0.3 is 19.3 Å². The molecule has 16 heavy (non-hydrogen) atoms. The average molecular weight is 232 g/mol. The van der Waals surface area contributed by atoms with Crippen molar-refractivity contribution in [3.8, 4) is 0 Å². The summed E-state index contributed by atoms with van der Waals surface area (Å²) in [5.74, 6) is 0. The Kier molecular flexibility index (Phi) is 14.2. The molecule has 0 aliphatic heterocycles.